The first-order valence-corrected chi connectivity index (χ1v) is 11.3. The Morgan fingerprint density at radius 2 is 2.00 bits per heavy atom. The lowest BCUT2D eigenvalue weighted by molar-refractivity contribution is 0.243. The number of rotatable bonds is 5. The summed E-state index contributed by atoms with van der Waals surface area (Å²) in [4.78, 5) is 2.34. The molecule has 1 unspecified atom stereocenters. The van der Waals surface area contributed by atoms with Crippen molar-refractivity contribution in [3.8, 4) is 5.75 Å². The Morgan fingerprint density at radius 3 is 2.68 bits per heavy atom. The van der Waals surface area contributed by atoms with E-state index < -0.39 is 15.8 Å². The van der Waals surface area contributed by atoms with E-state index in [2.05, 4.69) is 4.90 Å². The van der Waals surface area contributed by atoms with Crippen LogP contribution in [-0.2, 0) is 10.0 Å². The highest BCUT2D eigenvalue weighted by atomic mass is 32.2. The average molecular weight is 389 g/mol. The first kappa shape index (κ1) is 18.9. The molecule has 140 valence electrons. The molecule has 0 aliphatic carbocycles. The van der Waals surface area contributed by atoms with E-state index in [1.54, 1.807) is 16.1 Å². The number of hydrogen-bond donors (Lipinski definition) is 0. The second-order valence-electron chi connectivity index (χ2n) is 6.50. The summed E-state index contributed by atoms with van der Waals surface area (Å²) in [6.45, 7) is 3.31. The van der Waals surface area contributed by atoms with Crippen LogP contribution < -0.4 is 4.74 Å². The van der Waals surface area contributed by atoms with E-state index >= 15 is 0 Å². The molecule has 25 heavy (non-hydrogen) atoms. The third kappa shape index (κ3) is 4.30. The van der Waals surface area contributed by atoms with E-state index in [1.165, 1.54) is 32.1 Å². The molecule has 1 atom stereocenters. The van der Waals surface area contributed by atoms with Crippen LogP contribution in [0.4, 0.5) is 4.39 Å². The molecular formula is C17H25FN2O3S2. The zero-order valence-corrected chi connectivity index (χ0v) is 16.1. The van der Waals surface area contributed by atoms with Gasteiger partial charge in [0.05, 0.1) is 12.0 Å². The number of halogens is 1. The fraction of sp³-hybridized carbons (Fsp3) is 0.647. The van der Waals surface area contributed by atoms with Gasteiger partial charge in [0.1, 0.15) is 0 Å². The van der Waals surface area contributed by atoms with Crippen LogP contribution >= 0.6 is 11.8 Å². The summed E-state index contributed by atoms with van der Waals surface area (Å²) in [5, 5.41) is 0. The molecule has 0 spiro atoms. The van der Waals surface area contributed by atoms with E-state index in [1.807, 2.05) is 0 Å². The van der Waals surface area contributed by atoms with Crippen molar-refractivity contribution in [3.05, 3.63) is 24.0 Å². The number of methoxy groups -OCH3 is 1. The van der Waals surface area contributed by atoms with Gasteiger partial charge in [0.2, 0.25) is 10.0 Å². The van der Waals surface area contributed by atoms with Gasteiger partial charge in [-0.1, -0.05) is 0 Å². The summed E-state index contributed by atoms with van der Waals surface area (Å²) in [5.74, 6) is 1.15. The van der Waals surface area contributed by atoms with Gasteiger partial charge in [-0.3, -0.25) is 0 Å². The number of hydrogen-bond acceptors (Lipinski definition) is 5. The van der Waals surface area contributed by atoms with Crippen LogP contribution in [0.5, 0.6) is 5.75 Å². The van der Waals surface area contributed by atoms with Crippen molar-refractivity contribution >= 4 is 21.8 Å². The molecule has 1 aromatic carbocycles. The Hall–Kier alpha value is -0.830. The molecule has 2 heterocycles. The van der Waals surface area contributed by atoms with Gasteiger partial charge < -0.3 is 9.64 Å². The van der Waals surface area contributed by atoms with E-state index in [9.17, 15) is 12.8 Å². The van der Waals surface area contributed by atoms with Gasteiger partial charge in [-0.15, -0.1) is 0 Å². The monoisotopic (exact) mass is 388 g/mol. The van der Waals surface area contributed by atoms with Crippen LogP contribution in [0.1, 0.15) is 19.3 Å². The molecule has 0 bridgehead atoms. The molecular weight excluding hydrogens is 363 g/mol. The van der Waals surface area contributed by atoms with Crippen molar-refractivity contribution < 1.29 is 17.5 Å². The third-order valence-electron chi connectivity index (χ3n) is 4.78. The minimum atomic E-state index is -3.73. The maximum absolute atomic E-state index is 14.0. The molecule has 2 saturated heterocycles. The van der Waals surface area contributed by atoms with Crippen LogP contribution in [0.3, 0.4) is 0 Å². The van der Waals surface area contributed by atoms with Crippen molar-refractivity contribution in [1.29, 1.82) is 0 Å². The number of nitrogens with zero attached hydrogens (tertiary/aromatic N) is 2. The molecule has 3 rings (SSSR count). The molecule has 1 aromatic rings. The van der Waals surface area contributed by atoms with Gasteiger partial charge in [0, 0.05) is 24.9 Å². The molecule has 2 aliphatic rings. The topological polar surface area (TPSA) is 49.9 Å². The number of sulfonamides is 1. The van der Waals surface area contributed by atoms with Gasteiger partial charge in [0.15, 0.2) is 11.6 Å². The standard InChI is InChI=1S/C17H25FN2O3S2/c1-23-17-6-5-15(11-16(17)18)25(21,22)20-9-4-10-24-13-14(20)12-19-7-2-3-8-19/h5-6,11,14H,2-4,7-10,12-13H2,1H3. The number of benzene rings is 1. The van der Waals surface area contributed by atoms with E-state index in [-0.39, 0.29) is 16.7 Å². The van der Waals surface area contributed by atoms with Crippen molar-refractivity contribution in [3.63, 3.8) is 0 Å². The summed E-state index contributed by atoms with van der Waals surface area (Å²) in [7, 11) is -2.36. The first-order chi connectivity index (χ1) is 12.0. The predicted octanol–water partition coefficient (Wildman–Crippen LogP) is 2.43. The number of thioether (sulfide) groups is 1. The van der Waals surface area contributed by atoms with Crippen molar-refractivity contribution in [2.75, 3.05) is 44.8 Å². The molecule has 0 saturated carbocycles. The van der Waals surface area contributed by atoms with E-state index in [4.69, 9.17) is 4.74 Å². The van der Waals surface area contributed by atoms with Crippen LogP contribution in [-0.4, -0.2) is 68.5 Å². The van der Waals surface area contributed by atoms with Gasteiger partial charge in [-0.2, -0.15) is 16.1 Å². The molecule has 8 heteroatoms. The lowest BCUT2D eigenvalue weighted by atomic mass is 10.3. The molecule has 0 N–H and O–H groups in total. The van der Waals surface area contributed by atoms with Gasteiger partial charge >= 0.3 is 0 Å². The normalized spacial score (nSPS) is 23.5. The highest BCUT2D eigenvalue weighted by molar-refractivity contribution is 7.99. The minimum Gasteiger partial charge on any atom is -0.494 e. The van der Waals surface area contributed by atoms with Gasteiger partial charge in [0.25, 0.3) is 0 Å². The second kappa shape index (κ2) is 8.24. The average Bonchev–Trinajstić information content (AvgIpc) is 2.98. The lowest BCUT2D eigenvalue weighted by Gasteiger charge is -2.31. The maximum Gasteiger partial charge on any atom is 0.243 e. The Kier molecular flexibility index (Phi) is 6.25. The SMILES string of the molecule is COc1ccc(S(=O)(=O)N2CCCSCC2CN2CCCC2)cc1F. The Balaban J connectivity index is 1.86. The molecule has 2 fully saturated rings. The summed E-state index contributed by atoms with van der Waals surface area (Å²) >= 11 is 1.80. The Bertz CT molecular complexity index is 693. The predicted molar refractivity (Wildman–Crippen MR) is 98.2 cm³/mol. The highest BCUT2D eigenvalue weighted by Gasteiger charge is 2.34. The molecule has 0 radical (unpaired) electrons. The maximum atomic E-state index is 14.0. The highest BCUT2D eigenvalue weighted by Crippen LogP contribution is 2.28. The molecule has 0 amide bonds. The van der Waals surface area contributed by atoms with Crippen molar-refractivity contribution in [2.24, 2.45) is 0 Å². The first-order valence-electron chi connectivity index (χ1n) is 8.68. The number of ether oxygens (including phenoxy) is 1. The van der Waals surface area contributed by atoms with Crippen LogP contribution in [0, 0.1) is 5.82 Å². The van der Waals surface area contributed by atoms with Crippen molar-refractivity contribution in [2.45, 2.75) is 30.2 Å². The summed E-state index contributed by atoms with van der Waals surface area (Å²) in [6, 6.07) is 3.81. The lowest BCUT2D eigenvalue weighted by Crippen LogP contribution is -2.47. The quantitative estimate of drug-likeness (QED) is 0.775. The zero-order valence-electron chi connectivity index (χ0n) is 14.5. The minimum absolute atomic E-state index is 0.00382. The molecule has 0 aromatic heterocycles. The van der Waals surface area contributed by atoms with E-state index in [0.717, 1.165) is 43.6 Å². The Morgan fingerprint density at radius 1 is 1.24 bits per heavy atom. The fourth-order valence-corrected chi connectivity index (χ4v) is 6.29. The second-order valence-corrected chi connectivity index (χ2v) is 9.54. The molecule has 2 aliphatic heterocycles. The third-order valence-corrected chi connectivity index (χ3v) is 7.93. The summed E-state index contributed by atoms with van der Waals surface area (Å²) in [5.41, 5.74) is 0. The fourth-order valence-electron chi connectivity index (χ4n) is 3.47. The number of likely N-dealkylation sites (tertiary alicyclic amines) is 1. The summed E-state index contributed by atoms with van der Waals surface area (Å²) in [6.07, 6.45) is 3.17. The van der Waals surface area contributed by atoms with Crippen LogP contribution in [0.25, 0.3) is 0 Å². The van der Waals surface area contributed by atoms with Crippen LogP contribution in [0.15, 0.2) is 23.1 Å². The Labute approximate surface area is 153 Å². The largest absolute Gasteiger partial charge is 0.494 e. The smallest absolute Gasteiger partial charge is 0.243 e. The van der Waals surface area contributed by atoms with Gasteiger partial charge in [-0.25, -0.2) is 12.8 Å². The van der Waals surface area contributed by atoms with Gasteiger partial charge in [-0.05, 0) is 56.3 Å². The molecule has 5 nitrogen and oxygen atoms in total. The summed E-state index contributed by atoms with van der Waals surface area (Å²) < 4.78 is 46.9. The van der Waals surface area contributed by atoms with Crippen molar-refractivity contribution in [1.82, 2.24) is 9.21 Å². The van der Waals surface area contributed by atoms with Crippen LogP contribution in [0.2, 0.25) is 0 Å². The zero-order chi connectivity index (χ0) is 17.9. The van der Waals surface area contributed by atoms with E-state index in [0.29, 0.717) is 6.54 Å².